The molecule has 0 aliphatic carbocycles. The second-order valence-electron chi connectivity index (χ2n) is 2.55. The van der Waals surface area contributed by atoms with Crippen LogP contribution in [-0.4, -0.2) is 5.75 Å². The summed E-state index contributed by atoms with van der Waals surface area (Å²) < 4.78 is 0. The van der Waals surface area contributed by atoms with Gasteiger partial charge in [-0.3, -0.25) is 0 Å². The molecule has 1 radical (unpaired) electrons. The molecule has 0 fully saturated rings. The Bertz CT molecular complexity index is 69.1. The molecule has 0 aromatic rings. The molecule has 0 bridgehead atoms. The molecule has 0 aliphatic rings. The van der Waals surface area contributed by atoms with Crippen LogP contribution in [0.4, 0.5) is 0 Å². The molecule has 0 heterocycles. The Morgan fingerprint density at radius 3 is 2.20 bits per heavy atom. The van der Waals surface area contributed by atoms with Crippen molar-refractivity contribution >= 4 is 12.6 Å². The van der Waals surface area contributed by atoms with Gasteiger partial charge in [-0.25, -0.2) is 0 Å². The van der Waals surface area contributed by atoms with E-state index >= 15 is 0 Å². The molecular formula is C9H17S. The lowest BCUT2D eigenvalue weighted by molar-refractivity contribution is 0.640. The summed E-state index contributed by atoms with van der Waals surface area (Å²) in [6, 6.07) is 0. The van der Waals surface area contributed by atoms with Gasteiger partial charge in [-0.1, -0.05) is 38.0 Å². The first kappa shape index (κ1) is 10.1. The van der Waals surface area contributed by atoms with Crippen molar-refractivity contribution in [3.8, 4) is 0 Å². The highest BCUT2D eigenvalue weighted by atomic mass is 32.1. The first-order chi connectivity index (χ1) is 4.91. The van der Waals surface area contributed by atoms with E-state index in [0.29, 0.717) is 0 Å². The standard InChI is InChI=1S/C9H17S/c1-2-3-4-5-6-7-8-9-10/h2H,1,3-9H2. The van der Waals surface area contributed by atoms with Gasteiger partial charge < -0.3 is 0 Å². The van der Waals surface area contributed by atoms with E-state index in [1.54, 1.807) is 0 Å². The molecule has 0 aromatic heterocycles. The Labute approximate surface area is 70.1 Å². The first-order valence-electron chi connectivity index (χ1n) is 4.11. The monoisotopic (exact) mass is 157 g/mol. The first-order valence-corrected chi connectivity index (χ1v) is 4.68. The van der Waals surface area contributed by atoms with Gasteiger partial charge in [0.2, 0.25) is 0 Å². The Morgan fingerprint density at radius 2 is 1.60 bits per heavy atom. The molecule has 0 unspecified atom stereocenters. The fraction of sp³-hybridized carbons (Fsp3) is 0.778. The lowest BCUT2D eigenvalue weighted by Crippen LogP contribution is -1.78. The lowest BCUT2D eigenvalue weighted by Gasteiger charge is -1.96. The summed E-state index contributed by atoms with van der Waals surface area (Å²) in [7, 11) is 0. The van der Waals surface area contributed by atoms with Crippen molar-refractivity contribution in [2.75, 3.05) is 5.75 Å². The maximum Gasteiger partial charge on any atom is 0.00369 e. The highest BCUT2D eigenvalue weighted by Crippen LogP contribution is 2.05. The molecule has 0 atom stereocenters. The number of hydrogen-bond donors (Lipinski definition) is 0. The highest BCUT2D eigenvalue weighted by molar-refractivity contribution is 7.80. The molecule has 0 aliphatic heterocycles. The average Bonchev–Trinajstić information content (AvgIpc) is 1.97. The molecule has 0 spiro atoms. The van der Waals surface area contributed by atoms with E-state index in [4.69, 9.17) is 12.6 Å². The summed E-state index contributed by atoms with van der Waals surface area (Å²) in [6.07, 6.45) is 9.72. The van der Waals surface area contributed by atoms with Crippen LogP contribution >= 0.6 is 12.6 Å². The van der Waals surface area contributed by atoms with Crippen LogP contribution in [0.2, 0.25) is 0 Å². The molecule has 0 saturated carbocycles. The van der Waals surface area contributed by atoms with Gasteiger partial charge in [-0.05, 0) is 19.3 Å². The van der Waals surface area contributed by atoms with Gasteiger partial charge in [0.15, 0.2) is 0 Å². The van der Waals surface area contributed by atoms with Gasteiger partial charge in [-0.15, -0.1) is 6.58 Å². The van der Waals surface area contributed by atoms with Gasteiger partial charge in [0.25, 0.3) is 0 Å². The van der Waals surface area contributed by atoms with Crippen LogP contribution in [-0.2, 0) is 0 Å². The topological polar surface area (TPSA) is 0 Å². The number of rotatable bonds is 7. The molecule has 0 nitrogen and oxygen atoms in total. The summed E-state index contributed by atoms with van der Waals surface area (Å²) in [6.45, 7) is 3.68. The van der Waals surface area contributed by atoms with Crippen LogP contribution in [0.3, 0.4) is 0 Å². The van der Waals surface area contributed by atoms with Crippen molar-refractivity contribution in [3.05, 3.63) is 12.7 Å². The van der Waals surface area contributed by atoms with E-state index in [2.05, 4.69) is 6.58 Å². The summed E-state index contributed by atoms with van der Waals surface area (Å²) in [5.41, 5.74) is 0. The Kier molecular flexibility index (Phi) is 9.17. The normalized spacial score (nSPS) is 9.70. The van der Waals surface area contributed by atoms with Gasteiger partial charge in [0.1, 0.15) is 0 Å². The lowest BCUT2D eigenvalue weighted by atomic mass is 10.1. The molecule has 0 N–H and O–H groups in total. The molecule has 10 heavy (non-hydrogen) atoms. The third-order valence-electron chi connectivity index (χ3n) is 1.55. The molecule has 59 valence electrons. The quantitative estimate of drug-likeness (QED) is 0.390. The molecule has 0 rings (SSSR count). The zero-order valence-corrected chi connectivity index (χ0v) is 7.46. The molecular weight excluding hydrogens is 140 g/mol. The van der Waals surface area contributed by atoms with E-state index in [-0.39, 0.29) is 0 Å². The van der Waals surface area contributed by atoms with Crippen LogP contribution < -0.4 is 0 Å². The van der Waals surface area contributed by atoms with Crippen LogP contribution in [0.5, 0.6) is 0 Å². The number of unbranched alkanes of at least 4 members (excludes halogenated alkanes) is 5. The Balaban J connectivity index is 2.70. The van der Waals surface area contributed by atoms with E-state index in [1.165, 1.54) is 38.5 Å². The van der Waals surface area contributed by atoms with E-state index in [1.807, 2.05) is 6.08 Å². The van der Waals surface area contributed by atoms with Crippen molar-refractivity contribution in [1.82, 2.24) is 0 Å². The fourth-order valence-electron chi connectivity index (χ4n) is 0.921. The smallest absolute Gasteiger partial charge is 0.00369 e. The number of hydrogen-bond acceptors (Lipinski definition) is 0. The average molecular weight is 157 g/mol. The molecule has 0 saturated heterocycles. The predicted molar refractivity (Wildman–Crippen MR) is 50.4 cm³/mol. The van der Waals surface area contributed by atoms with Gasteiger partial charge in [0, 0.05) is 5.75 Å². The van der Waals surface area contributed by atoms with Crippen molar-refractivity contribution in [2.24, 2.45) is 0 Å². The van der Waals surface area contributed by atoms with E-state index in [9.17, 15) is 0 Å². The van der Waals surface area contributed by atoms with Gasteiger partial charge >= 0.3 is 0 Å². The van der Waals surface area contributed by atoms with Crippen molar-refractivity contribution < 1.29 is 0 Å². The Hall–Kier alpha value is 0.0900. The minimum Gasteiger partial charge on any atom is -0.103 e. The van der Waals surface area contributed by atoms with Gasteiger partial charge in [0.05, 0.1) is 0 Å². The second-order valence-corrected chi connectivity index (χ2v) is 2.96. The van der Waals surface area contributed by atoms with Crippen molar-refractivity contribution in [3.63, 3.8) is 0 Å². The minimum atomic E-state index is 0.932. The van der Waals surface area contributed by atoms with Crippen LogP contribution in [0, 0.1) is 0 Å². The van der Waals surface area contributed by atoms with Crippen molar-refractivity contribution in [1.29, 1.82) is 0 Å². The highest BCUT2D eigenvalue weighted by Gasteiger charge is 1.87. The summed E-state index contributed by atoms with van der Waals surface area (Å²) in [4.78, 5) is 0. The third kappa shape index (κ3) is 8.09. The van der Waals surface area contributed by atoms with E-state index in [0.717, 1.165) is 5.75 Å². The van der Waals surface area contributed by atoms with Crippen LogP contribution in [0.1, 0.15) is 38.5 Å². The largest absolute Gasteiger partial charge is 0.103 e. The van der Waals surface area contributed by atoms with Crippen molar-refractivity contribution in [2.45, 2.75) is 38.5 Å². The maximum absolute atomic E-state index is 4.84. The number of allylic oxidation sites excluding steroid dienone is 1. The van der Waals surface area contributed by atoms with Crippen LogP contribution in [0.25, 0.3) is 0 Å². The second kappa shape index (κ2) is 9.09. The Morgan fingerprint density at radius 1 is 1.00 bits per heavy atom. The summed E-state index contributed by atoms with van der Waals surface area (Å²) in [5, 5.41) is 0. The molecule has 1 heteroatoms. The summed E-state index contributed by atoms with van der Waals surface area (Å²) >= 11 is 4.84. The van der Waals surface area contributed by atoms with E-state index < -0.39 is 0 Å². The maximum atomic E-state index is 4.84. The zero-order valence-electron chi connectivity index (χ0n) is 6.64. The predicted octanol–water partition coefficient (Wildman–Crippen LogP) is 3.71. The fourth-order valence-corrected chi connectivity index (χ4v) is 1.13. The zero-order chi connectivity index (χ0) is 7.66. The minimum absolute atomic E-state index is 0.932. The SMILES string of the molecule is C=CCCCCCCC[S]. The molecule has 0 amide bonds. The van der Waals surface area contributed by atoms with Gasteiger partial charge in [-0.2, -0.15) is 0 Å². The molecule has 0 aromatic carbocycles. The summed E-state index contributed by atoms with van der Waals surface area (Å²) in [5.74, 6) is 0.932. The van der Waals surface area contributed by atoms with Crippen LogP contribution in [0.15, 0.2) is 12.7 Å². The third-order valence-corrected chi connectivity index (χ3v) is 1.84.